The van der Waals surface area contributed by atoms with Crippen molar-refractivity contribution in [3.63, 3.8) is 0 Å². The lowest BCUT2D eigenvalue weighted by Gasteiger charge is -2.25. The van der Waals surface area contributed by atoms with E-state index in [1.807, 2.05) is 4.90 Å². The van der Waals surface area contributed by atoms with Crippen molar-refractivity contribution < 1.29 is 9.90 Å². The lowest BCUT2D eigenvalue weighted by atomic mass is 10.1. The van der Waals surface area contributed by atoms with Crippen molar-refractivity contribution in [1.29, 1.82) is 0 Å². The van der Waals surface area contributed by atoms with Crippen LogP contribution >= 0.6 is 0 Å². The zero-order chi connectivity index (χ0) is 20.2. The first kappa shape index (κ1) is 26.4. The van der Waals surface area contributed by atoms with E-state index in [1.165, 1.54) is 89.9 Å². The molecule has 0 saturated heterocycles. The molecule has 0 aliphatic heterocycles. The van der Waals surface area contributed by atoms with Crippen LogP contribution in [0.1, 0.15) is 117 Å². The SMILES string of the molecule is CCCCCCCCCCN(CCCCCCCCCC)C(=O)[C@H](N)CO. The Bertz CT molecular complexity index is 304. The van der Waals surface area contributed by atoms with Crippen molar-refractivity contribution in [2.75, 3.05) is 19.7 Å². The van der Waals surface area contributed by atoms with Gasteiger partial charge in [0.15, 0.2) is 0 Å². The van der Waals surface area contributed by atoms with Gasteiger partial charge in [0.25, 0.3) is 0 Å². The van der Waals surface area contributed by atoms with Crippen LogP contribution in [0.15, 0.2) is 0 Å². The van der Waals surface area contributed by atoms with E-state index in [0.29, 0.717) is 0 Å². The molecule has 0 aromatic carbocycles. The molecule has 0 fully saturated rings. The van der Waals surface area contributed by atoms with E-state index in [9.17, 15) is 9.90 Å². The Hall–Kier alpha value is -0.610. The Kier molecular flexibility index (Phi) is 19.7. The molecule has 0 aromatic rings. The minimum atomic E-state index is -0.756. The van der Waals surface area contributed by atoms with Crippen LogP contribution in [0.2, 0.25) is 0 Å². The lowest BCUT2D eigenvalue weighted by molar-refractivity contribution is -0.133. The van der Waals surface area contributed by atoms with E-state index in [-0.39, 0.29) is 12.5 Å². The third-order valence-corrected chi connectivity index (χ3v) is 5.39. The predicted molar refractivity (Wildman–Crippen MR) is 117 cm³/mol. The summed E-state index contributed by atoms with van der Waals surface area (Å²) in [4.78, 5) is 14.3. The molecule has 0 aliphatic carbocycles. The zero-order valence-corrected chi connectivity index (χ0v) is 18.4. The fraction of sp³-hybridized carbons (Fsp3) is 0.957. The van der Waals surface area contributed by atoms with E-state index >= 15 is 0 Å². The molecular weight excluding hydrogens is 336 g/mol. The number of unbranched alkanes of at least 4 members (excludes halogenated alkanes) is 14. The van der Waals surface area contributed by atoms with Gasteiger partial charge in [-0.1, -0.05) is 104 Å². The number of hydrogen-bond donors (Lipinski definition) is 2. The minimum absolute atomic E-state index is 0.0802. The number of carbonyl (C=O) groups is 1. The van der Waals surface area contributed by atoms with Gasteiger partial charge in [-0.2, -0.15) is 0 Å². The Morgan fingerprint density at radius 1 is 0.704 bits per heavy atom. The Morgan fingerprint density at radius 2 is 1.04 bits per heavy atom. The summed E-state index contributed by atoms with van der Waals surface area (Å²) in [7, 11) is 0. The van der Waals surface area contributed by atoms with Crippen molar-refractivity contribution in [3.05, 3.63) is 0 Å². The molecule has 3 N–H and O–H groups in total. The fourth-order valence-corrected chi connectivity index (χ4v) is 3.52. The number of carbonyl (C=O) groups excluding carboxylic acids is 1. The number of nitrogens with zero attached hydrogens (tertiary/aromatic N) is 1. The topological polar surface area (TPSA) is 66.6 Å². The molecular formula is C23H48N2O2. The maximum absolute atomic E-state index is 12.4. The van der Waals surface area contributed by atoms with E-state index < -0.39 is 6.04 Å². The number of rotatable bonds is 20. The third-order valence-electron chi connectivity index (χ3n) is 5.39. The maximum Gasteiger partial charge on any atom is 0.241 e. The van der Waals surface area contributed by atoms with Crippen molar-refractivity contribution >= 4 is 5.91 Å². The smallest absolute Gasteiger partial charge is 0.241 e. The van der Waals surface area contributed by atoms with Crippen LogP contribution in [0.3, 0.4) is 0 Å². The lowest BCUT2D eigenvalue weighted by Crippen LogP contribution is -2.46. The van der Waals surface area contributed by atoms with Gasteiger partial charge in [-0.3, -0.25) is 4.79 Å². The molecule has 27 heavy (non-hydrogen) atoms. The van der Waals surface area contributed by atoms with Crippen LogP contribution in [-0.4, -0.2) is 41.7 Å². The molecule has 4 nitrogen and oxygen atoms in total. The molecule has 0 saturated carbocycles. The zero-order valence-electron chi connectivity index (χ0n) is 18.4. The Labute approximate surface area is 169 Å². The average Bonchev–Trinajstić information content (AvgIpc) is 2.69. The first-order valence-corrected chi connectivity index (χ1v) is 11.8. The van der Waals surface area contributed by atoms with Gasteiger partial charge in [0.05, 0.1) is 6.61 Å². The molecule has 0 unspecified atom stereocenters. The van der Waals surface area contributed by atoms with Gasteiger partial charge >= 0.3 is 0 Å². The summed E-state index contributed by atoms with van der Waals surface area (Å²) < 4.78 is 0. The van der Waals surface area contributed by atoms with Crippen LogP contribution in [-0.2, 0) is 4.79 Å². The fourth-order valence-electron chi connectivity index (χ4n) is 3.52. The predicted octanol–water partition coefficient (Wildman–Crippen LogP) is 5.42. The highest BCUT2D eigenvalue weighted by atomic mass is 16.3. The van der Waals surface area contributed by atoms with Gasteiger partial charge in [-0.05, 0) is 12.8 Å². The summed E-state index contributed by atoms with van der Waals surface area (Å²) >= 11 is 0. The van der Waals surface area contributed by atoms with Gasteiger partial charge in [0.2, 0.25) is 5.91 Å². The highest BCUT2D eigenvalue weighted by Crippen LogP contribution is 2.11. The number of amides is 1. The molecule has 1 atom stereocenters. The quantitative estimate of drug-likeness (QED) is 0.276. The summed E-state index contributed by atoms with van der Waals surface area (Å²) in [6.45, 7) is 5.81. The maximum atomic E-state index is 12.4. The van der Waals surface area contributed by atoms with Crippen LogP contribution in [0.25, 0.3) is 0 Å². The standard InChI is InChI=1S/C23H48N2O2/c1-3-5-7-9-11-13-15-17-19-25(23(27)22(24)21-26)20-18-16-14-12-10-8-6-4-2/h22,26H,3-21,24H2,1-2H3/t22-/m1/s1. The number of nitrogens with two attached hydrogens (primary N) is 1. The Balaban J connectivity index is 3.93. The van der Waals surface area contributed by atoms with E-state index in [0.717, 1.165) is 25.9 Å². The molecule has 162 valence electrons. The molecule has 0 spiro atoms. The summed E-state index contributed by atoms with van der Waals surface area (Å²) in [5, 5.41) is 9.21. The largest absolute Gasteiger partial charge is 0.394 e. The first-order valence-electron chi connectivity index (χ1n) is 11.8. The second-order valence-electron chi connectivity index (χ2n) is 8.06. The van der Waals surface area contributed by atoms with Crippen molar-refractivity contribution in [3.8, 4) is 0 Å². The monoisotopic (exact) mass is 384 g/mol. The third kappa shape index (κ3) is 16.1. The van der Waals surface area contributed by atoms with Crippen molar-refractivity contribution in [2.24, 2.45) is 5.73 Å². The molecule has 1 amide bonds. The summed E-state index contributed by atoms with van der Waals surface area (Å²) in [6.07, 6.45) is 20.3. The molecule has 0 aliphatic rings. The van der Waals surface area contributed by atoms with E-state index in [1.54, 1.807) is 0 Å². The van der Waals surface area contributed by atoms with Gasteiger partial charge < -0.3 is 15.7 Å². The molecule has 0 bridgehead atoms. The normalized spacial score (nSPS) is 12.3. The van der Waals surface area contributed by atoms with Gasteiger partial charge in [0, 0.05) is 13.1 Å². The van der Waals surface area contributed by atoms with Crippen LogP contribution in [0.4, 0.5) is 0 Å². The first-order chi connectivity index (χ1) is 13.2. The molecule has 0 radical (unpaired) electrons. The van der Waals surface area contributed by atoms with Gasteiger partial charge in [0.1, 0.15) is 6.04 Å². The molecule has 4 heteroatoms. The molecule has 0 heterocycles. The van der Waals surface area contributed by atoms with Gasteiger partial charge in [-0.15, -0.1) is 0 Å². The highest BCUT2D eigenvalue weighted by molar-refractivity contribution is 5.81. The highest BCUT2D eigenvalue weighted by Gasteiger charge is 2.19. The minimum Gasteiger partial charge on any atom is -0.394 e. The number of aliphatic hydroxyl groups is 1. The van der Waals surface area contributed by atoms with Crippen LogP contribution in [0, 0.1) is 0 Å². The van der Waals surface area contributed by atoms with Crippen LogP contribution in [0.5, 0.6) is 0 Å². The van der Waals surface area contributed by atoms with Gasteiger partial charge in [-0.25, -0.2) is 0 Å². The summed E-state index contributed by atoms with van der Waals surface area (Å²) in [6, 6.07) is -0.756. The second kappa shape index (κ2) is 20.1. The number of hydrogen-bond acceptors (Lipinski definition) is 3. The second-order valence-corrected chi connectivity index (χ2v) is 8.06. The summed E-state index contributed by atoms with van der Waals surface area (Å²) in [5.74, 6) is -0.0802. The molecule has 0 aromatic heterocycles. The number of aliphatic hydroxyl groups excluding tert-OH is 1. The van der Waals surface area contributed by atoms with E-state index in [2.05, 4.69) is 13.8 Å². The van der Waals surface area contributed by atoms with Crippen molar-refractivity contribution in [1.82, 2.24) is 4.90 Å². The molecule has 0 rings (SSSR count). The average molecular weight is 385 g/mol. The summed E-state index contributed by atoms with van der Waals surface area (Å²) in [5.41, 5.74) is 5.77. The van der Waals surface area contributed by atoms with E-state index in [4.69, 9.17) is 5.73 Å². The Morgan fingerprint density at radius 3 is 1.37 bits per heavy atom. The van der Waals surface area contributed by atoms with Crippen LogP contribution < -0.4 is 5.73 Å². The van der Waals surface area contributed by atoms with Crippen molar-refractivity contribution in [2.45, 2.75) is 123 Å².